The van der Waals surface area contributed by atoms with Gasteiger partial charge >= 0.3 is 0 Å². The van der Waals surface area contributed by atoms with Crippen molar-refractivity contribution in [1.29, 1.82) is 5.26 Å². The third kappa shape index (κ3) is 2.16. The average molecular weight is 235 g/mol. The summed E-state index contributed by atoms with van der Waals surface area (Å²) < 4.78 is 0. The van der Waals surface area contributed by atoms with Gasteiger partial charge in [0.25, 0.3) is 0 Å². The highest BCUT2D eigenvalue weighted by Gasteiger charge is 2.49. The van der Waals surface area contributed by atoms with Gasteiger partial charge in [-0.05, 0) is 38.0 Å². The van der Waals surface area contributed by atoms with Gasteiger partial charge in [-0.2, -0.15) is 5.26 Å². The number of nitrogens with two attached hydrogens (primary N) is 1. The number of nitrogens with zero attached hydrogens (tertiary/aromatic N) is 2. The third-order valence-corrected chi connectivity index (χ3v) is 4.41. The fraction of sp³-hybridized carbons (Fsp3) is 0.846. The Hall–Kier alpha value is -1.08. The number of rotatable bonds is 3. The molecule has 2 saturated carbocycles. The second-order valence-electron chi connectivity index (χ2n) is 5.69. The second kappa shape index (κ2) is 4.66. The first kappa shape index (κ1) is 12.4. The SMILES string of the molecule is CC(C#N)CN(C)C(=O)C1C2CCC(C2)C1N. The minimum atomic E-state index is -0.112. The largest absolute Gasteiger partial charge is 0.344 e. The van der Waals surface area contributed by atoms with E-state index >= 15 is 0 Å². The molecule has 2 bridgehead atoms. The summed E-state index contributed by atoms with van der Waals surface area (Å²) in [4.78, 5) is 14.0. The summed E-state index contributed by atoms with van der Waals surface area (Å²) in [5, 5.41) is 8.78. The Morgan fingerprint density at radius 2 is 2.18 bits per heavy atom. The maximum absolute atomic E-state index is 12.3. The van der Waals surface area contributed by atoms with E-state index in [1.165, 1.54) is 6.42 Å². The lowest BCUT2D eigenvalue weighted by Gasteiger charge is -2.31. The summed E-state index contributed by atoms with van der Waals surface area (Å²) in [5.41, 5.74) is 6.15. The predicted octanol–water partition coefficient (Wildman–Crippen LogP) is 0.978. The monoisotopic (exact) mass is 235 g/mol. The Kier molecular flexibility index (Phi) is 3.39. The molecule has 94 valence electrons. The molecule has 0 heterocycles. The maximum atomic E-state index is 12.3. The van der Waals surface area contributed by atoms with E-state index in [0.717, 1.165) is 12.8 Å². The van der Waals surface area contributed by atoms with Crippen molar-refractivity contribution in [2.45, 2.75) is 32.2 Å². The van der Waals surface area contributed by atoms with Crippen LogP contribution in [-0.2, 0) is 4.79 Å². The lowest BCUT2D eigenvalue weighted by Crippen LogP contribution is -2.46. The van der Waals surface area contributed by atoms with Crippen LogP contribution in [0.2, 0.25) is 0 Å². The molecule has 0 aromatic carbocycles. The van der Waals surface area contributed by atoms with Crippen molar-refractivity contribution >= 4 is 5.91 Å². The standard InChI is InChI=1S/C13H21N3O/c1-8(6-14)7-16(2)13(17)11-9-3-4-10(5-9)12(11)15/h8-12H,3-5,7,15H2,1-2H3. The second-order valence-corrected chi connectivity index (χ2v) is 5.69. The third-order valence-electron chi connectivity index (χ3n) is 4.41. The van der Waals surface area contributed by atoms with Crippen molar-refractivity contribution in [2.75, 3.05) is 13.6 Å². The number of carbonyl (C=O) groups excluding carboxylic acids is 1. The minimum absolute atomic E-state index is 0.00430. The zero-order valence-electron chi connectivity index (χ0n) is 10.6. The lowest BCUT2D eigenvalue weighted by atomic mass is 9.84. The highest BCUT2D eigenvalue weighted by atomic mass is 16.2. The van der Waals surface area contributed by atoms with Gasteiger partial charge in [0.2, 0.25) is 5.91 Å². The van der Waals surface area contributed by atoms with E-state index in [4.69, 9.17) is 11.0 Å². The number of fused-ring (bicyclic) bond motifs is 2. The molecule has 2 aliphatic carbocycles. The van der Waals surface area contributed by atoms with Crippen molar-refractivity contribution in [3.63, 3.8) is 0 Å². The molecule has 2 aliphatic rings. The van der Waals surface area contributed by atoms with E-state index in [1.807, 2.05) is 6.92 Å². The summed E-state index contributed by atoms with van der Waals surface area (Å²) in [6.45, 7) is 2.35. The van der Waals surface area contributed by atoms with Crippen LogP contribution in [-0.4, -0.2) is 30.4 Å². The van der Waals surface area contributed by atoms with Crippen molar-refractivity contribution in [3.05, 3.63) is 0 Å². The normalized spacial score (nSPS) is 36.6. The number of amides is 1. The van der Waals surface area contributed by atoms with Crippen LogP contribution in [0, 0.1) is 35.0 Å². The first-order valence-electron chi connectivity index (χ1n) is 6.44. The lowest BCUT2D eigenvalue weighted by molar-refractivity contribution is -0.136. The van der Waals surface area contributed by atoms with E-state index in [0.29, 0.717) is 18.4 Å². The van der Waals surface area contributed by atoms with Gasteiger partial charge in [-0.25, -0.2) is 0 Å². The van der Waals surface area contributed by atoms with Crippen LogP contribution < -0.4 is 5.73 Å². The van der Waals surface area contributed by atoms with Gasteiger partial charge in [-0.1, -0.05) is 0 Å². The Morgan fingerprint density at radius 3 is 2.71 bits per heavy atom. The molecule has 0 aliphatic heterocycles. The average Bonchev–Trinajstić information content (AvgIpc) is 2.88. The number of nitriles is 1. The number of carbonyl (C=O) groups is 1. The molecule has 5 unspecified atom stereocenters. The Morgan fingerprint density at radius 1 is 1.53 bits per heavy atom. The zero-order chi connectivity index (χ0) is 12.6. The molecular formula is C13H21N3O. The summed E-state index contributed by atoms with van der Waals surface area (Å²) in [5.74, 6) is 1.08. The molecule has 1 amide bonds. The Labute approximate surface area is 103 Å². The first-order valence-corrected chi connectivity index (χ1v) is 6.44. The summed E-state index contributed by atoms with van der Waals surface area (Å²) >= 11 is 0. The van der Waals surface area contributed by atoms with Gasteiger partial charge in [-0.3, -0.25) is 4.79 Å². The van der Waals surface area contributed by atoms with Crippen LogP contribution in [0.5, 0.6) is 0 Å². The molecule has 0 aromatic rings. The topological polar surface area (TPSA) is 70.1 Å². The molecule has 2 fully saturated rings. The molecule has 0 spiro atoms. The van der Waals surface area contributed by atoms with Gasteiger partial charge in [0.1, 0.15) is 0 Å². The van der Waals surface area contributed by atoms with Gasteiger partial charge in [0, 0.05) is 19.6 Å². The van der Waals surface area contributed by atoms with Gasteiger partial charge in [0.05, 0.1) is 17.9 Å². The van der Waals surface area contributed by atoms with Gasteiger partial charge < -0.3 is 10.6 Å². The molecule has 0 saturated heterocycles. The molecule has 4 nitrogen and oxygen atoms in total. The van der Waals surface area contributed by atoms with E-state index in [9.17, 15) is 4.79 Å². The summed E-state index contributed by atoms with van der Waals surface area (Å²) in [7, 11) is 1.79. The van der Waals surface area contributed by atoms with Crippen LogP contribution >= 0.6 is 0 Å². The minimum Gasteiger partial charge on any atom is -0.344 e. The number of hydrogen-bond acceptors (Lipinski definition) is 3. The fourth-order valence-electron chi connectivity index (χ4n) is 3.50. The highest BCUT2D eigenvalue weighted by molar-refractivity contribution is 5.80. The van der Waals surface area contributed by atoms with E-state index in [1.54, 1.807) is 11.9 Å². The summed E-state index contributed by atoms with van der Waals surface area (Å²) in [6.07, 6.45) is 3.46. The summed E-state index contributed by atoms with van der Waals surface area (Å²) in [6, 6.07) is 2.20. The predicted molar refractivity (Wildman–Crippen MR) is 64.7 cm³/mol. The number of hydrogen-bond donors (Lipinski definition) is 1. The van der Waals surface area contributed by atoms with Crippen molar-refractivity contribution in [2.24, 2.45) is 29.4 Å². The maximum Gasteiger partial charge on any atom is 0.227 e. The molecular weight excluding hydrogens is 214 g/mol. The van der Waals surface area contributed by atoms with Gasteiger partial charge in [-0.15, -0.1) is 0 Å². The Bertz CT molecular complexity index is 347. The van der Waals surface area contributed by atoms with Crippen LogP contribution in [0.3, 0.4) is 0 Å². The van der Waals surface area contributed by atoms with Crippen LogP contribution in [0.25, 0.3) is 0 Å². The van der Waals surface area contributed by atoms with Gasteiger partial charge in [0.15, 0.2) is 0 Å². The van der Waals surface area contributed by atoms with E-state index in [-0.39, 0.29) is 23.8 Å². The molecule has 2 N–H and O–H groups in total. The quantitative estimate of drug-likeness (QED) is 0.792. The highest BCUT2D eigenvalue weighted by Crippen LogP contribution is 2.48. The van der Waals surface area contributed by atoms with E-state index < -0.39 is 0 Å². The van der Waals surface area contributed by atoms with Crippen LogP contribution in [0.1, 0.15) is 26.2 Å². The molecule has 17 heavy (non-hydrogen) atoms. The van der Waals surface area contributed by atoms with Crippen LogP contribution in [0.4, 0.5) is 0 Å². The zero-order valence-corrected chi connectivity index (χ0v) is 10.6. The molecule has 5 atom stereocenters. The molecule has 0 aromatic heterocycles. The molecule has 0 radical (unpaired) electrons. The van der Waals surface area contributed by atoms with Crippen molar-refractivity contribution in [3.8, 4) is 6.07 Å². The van der Waals surface area contributed by atoms with Crippen LogP contribution in [0.15, 0.2) is 0 Å². The fourth-order valence-corrected chi connectivity index (χ4v) is 3.50. The van der Waals surface area contributed by atoms with Crippen molar-refractivity contribution in [1.82, 2.24) is 4.90 Å². The van der Waals surface area contributed by atoms with Crippen molar-refractivity contribution < 1.29 is 4.79 Å². The smallest absolute Gasteiger partial charge is 0.227 e. The molecule has 2 rings (SSSR count). The van der Waals surface area contributed by atoms with E-state index in [2.05, 4.69) is 6.07 Å². The Balaban J connectivity index is 1.98. The molecule has 4 heteroatoms. The first-order chi connectivity index (χ1) is 8.04.